The Labute approximate surface area is 227 Å². The van der Waals surface area contributed by atoms with Crippen LogP contribution in [0.2, 0.25) is 0 Å². The van der Waals surface area contributed by atoms with Crippen LogP contribution < -0.4 is 10.1 Å². The molecule has 4 aromatic rings. The predicted molar refractivity (Wildman–Crippen MR) is 147 cm³/mol. The number of ether oxygens (including phenoxy) is 2. The van der Waals surface area contributed by atoms with Crippen molar-refractivity contribution in [1.82, 2.24) is 19.4 Å². The van der Waals surface area contributed by atoms with Crippen molar-refractivity contribution >= 4 is 17.4 Å². The van der Waals surface area contributed by atoms with Gasteiger partial charge in [-0.3, -0.25) is 0 Å². The fourth-order valence-corrected chi connectivity index (χ4v) is 4.46. The van der Waals surface area contributed by atoms with E-state index in [0.717, 1.165) is 28.0 Å². The highest BCUT2D eigenvalue weighted by Crippen LogP contribution is 2.39. The van der Waals surface area contributed by atoms with Crippen molar-refractivity contribution < 1.29 is 14.3 Å². The Kier molecular flexibility index (Phi) is 6.96. The van der Waals surface area contributed by atoms with Crippen molar-refractivity contribution in [2.24, 2.45) is 0 Å². The number of hydrogen-bond acceptors (Lipinski definition) is 8. The molecule has 3 heterocycles. The van der Waals surface area contributed by atoms with Crippen LogP contribution in [0.4, 0.5) is 5.82 Å². The third-order valence-corrected chi connectivity index (χ3v) is 6.50. The van der Waals surface area contributed by atoms with Crippen molar-refractivity contribution in [3.63, 3.8) is 0 Å². The van der Waals surface area contributed by atoms with Crippen LogP contribution in [0.25, 0.3) is 5.65 Å². The van der Waals surface area contributed by atoms with E-state index in [0.29, 0.717) is 23.8 Å². The van der Waals surface area contributed by atoms with E-state index in [9.17, 15) is 10.1 Å². The van der Waals surface area contributed by atoms with E-state index in [2.05, 4.69) is 38.6 Å². The molecule has 1 aliphatic carbocycles. The normalized spacial score (nSPS) is 13.2. The van der Waals surface area contributed by atoms with Crippen LogP contribution in [-0.2, 0) is 17.9 Å². The second-order valence-electron chi connectivity index (χ2n) is 11.0. The zero-order valence-corrected chi connectivity index (χ0v) is 22.9. The summed E-state index contributed by atoms with van der Waals surface area (Å²) in [5.74, 6) is 0.585. The highest BCUT2D eigenvalue weighted by Gasteiger charge is 2.24. The molecule has 1 N–H and O–H groups in total. The van der Waals surface area contributed by atoms with Crippen LogP contribution in [0.1, 0.15) is 83.7 Å². The summed E-state index contributed by atoms with van der Waals surface area (Å²) < 4.78 is 13.5. The Morgan fingerprint density at radius 3 is 2.51 bits per heavy atom. The fourth-order valence-electron chi connectivity index (χ4n) is 4.46. The minimum atomic E-state index is -0.697. The number of fused-ring (bicyclic) bond motifs is 1. The number of hydrogen-bond donors (Lipinski definition) is 1. The summed E-state index contributed by atoms with van der Waals surface area (Å²) in [5.41, 5.74) is 5.89. The van der Waals surface area contributed by atoms with Crippen LogP contribution in [-0.4, -0.2) is 30.9 Å². The van der Waals surface area contributed by atoms with Gasteiger partial charge >= 0.3 is 5.97 Å². The maximum Gasteiger partial charge on any atom is 0.377 e. The van der Waals surface area contributed by atoms with Crippen molar-refractivity contribution in [1.29, 1.82) is 5.26 Å². The first-order valence-electron chi connectivity index (χ1n) is 13.0. The molecule has 9 heteroatoms. The summed E-state index contributed by atoms with van der Waals surface area (Å²) in [7, 11) is 0. The molecule has 1 aliphatic rings. The molecule has 0 spiro atoms. The standard InChI is InChI=1S/C30H32N6O3/c1-18-10-20(13-31)11-19(2)24(18)14-32-25-12-27(35-28(34-25)29(37)39-30(3,4)5)38-17-23-16-36-15-22(21-6-7-21)8-9-26(36)33-23/h8-12,15-16,21H,6-7,14,17H2,1-5H3,(H,32,34,35). The number of nitrogens with zero attached hydrogens (tertiary/aromatic N) is 5. The van der Waals surface area contributed by atoms with Crippen LogP contribution in [0.3, 0.4) is 0 Å². The lowest BCUT2D eigenvalue weighted by Gasteiger charge is -2.19. The number of carbonyl (C=O) groups excluding carboxylic acids is 1. The number of nitriles is 1. The van der Waals surface area contributed by atoms with Crippen LogP contribution >= 0.6 is 0 Å². The van der Waals surface area contributed by atoms with Crippen molar-refractivity contribution in [2.75, 3.05) is 5.32 Å². The van der Waals surface area contributed by atoms with Crippen LogP contribution in [0, 0.1) is 25.2 Å². The number of benzene rings is 1. The molecule has 0 bridgehead atoms. The third kappa shape index (κ3) is 6.34. The topological polar surface area (TPSA) is 114 Å². The maximum absolute atomic E-state index is 12.8. The molecular weight excluding hydrogens is 492 g/mol. The summed E-state index contributed by atoms with van der Waals surface area (Å²) in [5, 5.41) is 12.5. The Morgan fingerprint density at radius 2 is 1.85 bits per heavy atom. The van der Waals surface area contributed by atoms with Gasteiger partial charge in [0.05, 0.1) is 17.3 Å². The largest absolute Gasteiger partial charge is 0.471 e. The second kappa shape index (κ2) is 10.4. The van der Waals surface area contributed by atoms with Crippen molar-refractivity contribution in [3.05, 3.63) is 82.1 Å². The van der Waals surface area contributed by atoms with Gasteiger partial charge in [-0.25, -0.2) is 14.8 Å². The molecule has 0 unspecified atom stereocenters. The summed E-state index contributed by atoms with van der Waals surface area (Å²) in [6.45, 7) is 9.93. The summed E-state index contributed by atoms with van der Waals surface area (Å²) in [4.78, 5) is 26.2. The quantitative estimate of drug-likeness (QED) is 0.295. The number of imidazole rings is 1. The van der Waals surface area contributed by atoms with Gasteiger partial charge in [-0.15, -0.1) is 0 Å². The van der Waals surface area contributed by atoms with Crippen LogP contribution in [0.15, 0.2) is 42.7 Å². The third-order valence-electron chi connectivity index (χ3n) is 6.50. The number of aromatic nitrogens is 4. The Bertz CT molecular complexity index is 1570. The van der Waals surface area contributed by atoms with Crippen molar-refractivity contribution in [2.45, 2.75) is 72.1 Å². The molecule has 1 aromatic carbocycles. The molecule has 200 valence electrons. The van der Waals surface area contributed by atoms with Gasteiger partial charge in [-0.05, 0) is 93.8 Å². The first kappa shape index (κ1) is 26.2. The first-order chi connectivity index (χ1) is 18.6. The SMILES string of the molecule is Cc1cc(C#N)cc(C)c1CNc1cc(OCc2cn3cc(C4CC4)ccc3n2)nc(C(=O)OC(C)(C)C)n1. The van der Waals surface area contributed by atoms with Gasteiger partial charge in [-0.1, -0.05) is 6.07 Å². The van der Waals surface area contributed by atoms with Gasteiger partial charge in [0.2, 0.25) is 11.7 Å². The molecule has 0 radical (unpaired) electrons. The van der Waals surface area contributed by atoms with E-state index < -0.39 is 11.6 Å². The molecule has 5 rings (SSSR count). The van der Waals surface area contributed by atoms with Crippen LogP contribution in [0.5, 0.6) is 5.88 Å². The number of anilines is 1. The number of rotatable bonds is 8. The summed E-state index contributed by atoms with van der Waals surface area (Å²) in [6.07, 6.45) is 6.56. The zero-order chi connectivity index (χ0) is 27.7. The minimum Gasteiger partial charge on any atom is -0.471 e. The predicted octanol–water partition coefficient (Wildman–Crippen LogP) is 5.64. The van der Waals surface area contributed by atoms with E-state index in [1.165, 1.54) is 18.4 Å². The molecule has 1 saturated carbocycles. The molecule has 0 atom stereocenters. The van der Waals surface area contributed by atoms with E-state index in [1.54, 1.807) is 26.8 Å². The average Bonchev–Trinajstić information content (AvgIpc) is 3.65. The molecule has 9 nitrogen and oxygen atoms in total. The molecule has 1 fully saturated rings. The van der Waals surface area contributed by atoms with Crippen molar-refractivity contribution in [3.8, 4) is 11.9 Å². The molecule has 39 heavy (non-hydrogen) atoms. The highest BCUT2D eigenvalue weighted by molar-refractivity contribution is 5.86. The zero-order valence-electron chi connectivity index (χ0n) is 22.9. The first-order valence-corrected chi connectivity index (χ1v) is 13.0. The average molecular weight is 525 g/mol. The van der Waals surface area contributed by atoms with Gasteiger partial charge in [0, 0.05) is 25.0 Å². The smallest absolute Gasteiger partial charge is 0.377 e. The van der Waals surface area contributed by atoms with Gasteiger partial charge in [0.1, 0.15) is 23.7 Å². The lowest BCUT2D eigenvalue weighted by molar-refractivity contribution is 0.00544. The van der Waals surface area contributed by atoms with E-state index in [4.69, 9.17) is 9.47 Å². The fraction of sp³-hybridized carbons (Fsp3) is 0.367. The number of pyridine rings is 1. The molecule has 0 aliphatic heterocycles. The number of esters is 1. The van der Waals surface area contributed by atoms with E-state index >= 15 is 0 Å². The Hall–Kier alpha value is -4.45. The van der Waals surface area contributed by atoms with Gasteiger partial charge in [-0.2, -0.15) is 10.2 Å². The lowest BCUT2D eigenvalue weighted by Crippen LogP contribution is -2.25. The highest BCUT2D eigenvalue weighted by atomic mass is 16.6. The Balaban J connectivity index is 1.37. The summed E-state index contributed by atoms with van der Waals surface area (Å²) in [6, 6.07) is 11.7. The number of nitrogens with one attached hydrogen (secondary N) is 1. The second-order valence-corrected chi connectivity index (χ2v) is 11.0. The minimum absolute atomic E-state index is 0.0951. The van der Waals surface area contributed by atoms with E-state index in [1.807, 2.05) is 42.6 Å². The summed E-state index contributed by atoms with van der Waals surface area (Å²) >= 11 is 0. The number of aryl methyl sites for hydroxylation is 2. The van der Waals surface area contributed by atoms with Gasteiger partial charge < -0.3 is 19.2 Å². The number of carbonyl (C=O) groups is 1. The Morgan fingerprint density at radius 1 is 1.10 bits per heavy atom. The molecule has 3 aromatic heterocycles. The molecule has 0 saturated heterocycles. The maximum atomic E-state index is 12.8. The van der Waals surface area contributed by atoms with Gasteiger partial charge in [0.15, 0.2) is 0 Å². The molecular formula is C30H32N6O3. The monoisotopic (exact) mass is 524 g/mol. The van der Waals surface area contributed by atoms with Gasteiger partial charge in [0.25, 0.3) is 0 Å². The lowest BCUT2D eigenvalue weighted by atomic mass is 10.00. The van der Waals surface area contributed by atoms with E-state index in [-0.39, 0.29) is 18.3 Å². The molecule has 0 amide bonds.